The monoisotopic (exact) mass is 265 g/mol. The van der Waals surface area contributed by atoms with Crippen LogP contribution < -0.4 is 10.1 Å². The van der Waals surface area contributed by atoms with Gasteiger partial charge in [-0.05, 0) is 37.0 Å². The van der Waals surface area contributed by atoms with Gasteiger partial charge in [0, 0.05) is 26.7 Å². The molecule has 0 heterocycles. The van der Waals surface area contributed by atoms with Crippen LogP contribution in [0.4, 0.5) is 0 Å². The van der Waals surface area contributed by atoms with Crippen molar-refractivity contribution < 1.29 is 14.3 Å². The zero-order valence-electron chi connectivity index (χ0n) is 11.8. The molecule has 1 amide bonds. The normalized spacial score (nSPS) is 10.2. The minimum absolute atomic E-state index is 0.105. The Kier molecular flexibility index (Phi) is 7.66. The molecule has 1 rings (SSSR count). The number of unbranched alkanes of at least 4 members (excludes halogenated alkanes) is 1. The van der Waals surface area contributed by atoms with Crippen molar-refractivity contribution in [2.24, 2.45) is 0 Å². The van der Waals surface area contributed by atoms with Crippen LogP contribution in [0, 0.1) is 0 Å². The van der Waals surface area contributed by atoms with Crippen molar-refractivity contribution in [2.45, 2.75) is 25.7 Å². The molecule has 4 heteroatoms. The van der Waals surface area contributed by atoms with Gasteiger partial charge in [0.25, 0.3) is 0 Å². The number of aryl methyl sites for hydroxylation is 1. The van der Waals surface area contributed by atoms with E-state index in [2.05, 4.69) is 5.32 Å². The average Bonchev–Trinajstić information content (AvgIpc) is 2.45. The summed E-state index contributed by atoms with van der Waals surface area (Å²) in [6, 6.07) is 7.81. The smallest absolute Gasteiger partial charge is 0.220 e. The van der Waals surface area contributed by atoms with Gasteiger partial charge in [-0.25, -0.2) is 0 Å². The van der Waals surface area contributed by atoms with Crippen molar-refractivity contribution in [3.8, 4) is 5.75 Å². The summed E-state index contributed by atoms with van der Waals surface area (Å²) in [5.74, 6) is 0.944. The molecular formula is C15H23NO3. The first-order valence-corrected chi connectivity index (χ1v) is 6.65. The Morgan fingerprint density at radius 1 is 1.16 bits per heavy atom. The standard InChI is InChI=1S/C15H23NO3/c1-18-12-4-3-11-16-15(17)10-7-13-5-8-14(19-2)9-6-13/h5-6,8-9H,3-4,7,10-12H2,1-2H3,(H,16,17). The van der Waals surface area contributed by atoms with Gasteiger partial charge in [0.2, 0.25) is 5.91 Å². The lowest BCUT2D eigenvalue weighted by molar-refractivity contribution is -0.121. The zero-order valence-corrected chi connectivity index (χ0v) is 11.8. The van der Waals surface area contributed by atoms with Crippen LogP contribution in [-0.4, -0.2) is 33.3 Å². The van der Waals surface area contributed by atoms with Crippen LogP contribution in [0.2, 0.25) is 0 Å². The van der Waals surface area contributed by atoms with Crippen LogP contribution in [0.15, 0.2) is 24.3 Å². The Labute approximate surface area is 115 Å². The molecule has 0 aliphatic carbocycles. The number of methoxy groups -OCH3 is 2. The third-order valence-electron chi connectivity index (χ3n) is 2.90. The summed E-state index contributed by atoms with van der Waals surface area (Å²) in [5.41, 5.74) is 1.15. The summed E-state index contributed by atoms with van der Waals surface area (Å²) in [7, 11) is 3.33. The summed E-state index contributed by atoms with van der Waals surface area (Å²) < 4.78 is 10.0. The molecule has 0 fully saturated rings. The Morgan fingerprint density at radius 2 is 1.89 bits per heavy atom. The maximum Gasteiger partial charge on any atom is 0.220 e. The fourth-order valence-corrected chi connectivity index (χ4v) is 1.74. The van der Waals surface area contributed by atoms with Crippen molar-refractivity contribution in [3.05, 3.63) is 29.8 Å². The van der Waals surface area contributed by atoms with Crippen molar-refractivity contribution in [2.75, 3.05) is 27.4 Å². The second-order valence-corrected chi connectivity index (χ2v) is 4.40. The number of ether oxygens (including phenoxy) is 2. The molecule has 0 aliphatic heterocycles. The summed E-state index contributed by atoms with van der Waals surface area (Å²) >= 11 is 0. The number of carbonyl (C=O) groups excluding carboxylic acids is 1. The average molecular weight is 265 g/mol. The molecule has 0 radical (unpaired) electrons. The van der Waals surface area contributed by atoms with Crippen molar-refractivity contribution >= 4 is 5.91 Å². The van der Waals surface area contributed by atoms with Crippen LogP contribution in [0.25, 0.3) is 0 Å². The lowest BCUT2D eigenvalue weighted by atomic mass is 10.1. The maximum absolute atomic E-state index is 11.6. The van der Waals surface area contributed by atoms with Crippen LogP contribution in [0.1, 0.15) is 24.8 Å². The number of nitrogens with one attached hydrogen (secondary N) is 1. The second kappa shape index (κ2) is 9.39. The second-order valence-electron chi connectivity index (χ2n) is 4.40. The predicted octanol–water partition coefficient (Wildman–Crippen LogP) is 2.17. The minimum Gasteiger partial charge on any atom is -0.497 e. The highest BCUT2D eigenvalue weighted by atomic mass is 16.5. The number of benzene rings is 1. The zero-order chi connectivity index (χ0) is 13.9. The molecular weight excluding hydrogens is 242 g/mol. The first-order valence-electron chi connectivity index (χ1n) is 6.65. The van der Waals surface area contributed by atoms with Gasteiger partial charge in [0.15, 0.2) is 0 Å². The fourth-order valence-electron chi connectivity index (χ4n) is 1.74. The number of carbonyl (C=O) groups is 1. The van der Waals surface area contributed by atoms with E-state index in [0.29, 0.717) is 6.42 Å². The number of hydrogen-bond acceptors (Lipinski definition) is 3. The van der Waals surface area contributed by atoms with Gasteiger partial charge >= 0.3 is 0 Å². The highest BCUT2D eigenvalue weighted by Gasteiger charge is 2.02. The van der Waals surface area contributed by atoms with Crippen LogP contribution in [-0.2, 0) is 16.0 Å². The molecule has 0 bridgehead atoms. The van der Waals surface area contributed by atoms with E-state index in [1.807, 2.05) is 24.3 Å². The minimum atomic E-state index is 0.105. The number of rotatable bonds is 9. The lowest BCUT2D eigenvalue weighted by Crippen LogP contribution is -2.24. The van der Waals surface area contributed by atoms with E-state index in [-0.39, 0.29) is 5.91 Å². The van der Waals surface area contributed by atoms with Gasteiger partial charge in [0.1, 0.15) is 5.75 Å². The molecule has 0 unspecified atom stereocenters. The molecule has 19 heavy (non-hydrogen) atoms. The lowest BCUT2D eigenvalue weighted by Gasteiger charge is -2.06. The first kappa shape index (κ1) is 15.5. The van der Waals surface area contributed by atoms with Gasteiger partial charge in [-0.3, -0.25) is 4.79 Å². The van der Waals surface area contributed by atoms with Crippen molar-refractivity contribution in [3.63, 3.8) is 0 Å². The molecule has 0 saturated carbocycles. The third kappa shape index (κ3) is 6.82. The van der Waals surface area contributed by atoms with Gasteiger partial charge in [-0.2, -0.15) is 0 Å². The molecule has 1 aromatic rings. The summed E-state index contributed by atoms with van der Waals surface area (Å²) in [5, 5.41) is 2.92. The van der Waals surface area contributed by atoms with Crippen LogP contribution in [0.3, 0.4) is 0 Å². The molecule has 0 spiro atoms. The molecule has 0 atom stereocenters. The predicted molar refractivity (Wildman–Crippen MR) is 75.4 cm³/mol. The van der Waals surface area contributed by atoms with E-state index in [4.69, 9.17) is 9.47 Å². The van der Waals surface area contributed by atoms with E-state index in [1.54, 1.807) is 14.2 Å². The molecule has 1 N–H and O–H groups in total. The molecule has 106 valence electrons. The Morgan fingerprint density at radius 3 is 2.53 bits per heavy atom. The molecule has 0 saturated heterocycles. The van der Waals surface area contributed by atoms with Crippen molar-refractivity contribution in [1.29, 1.82) is 0 Å². The van der Waals surface area contributed by atoms with Gasteiger partial charge < -0.3 is 14.8 Å². The quantitative estimate of drug-likeness (QED) is 0.696. The Hall–Kier alpha value is -1.55. The maximum atomic E-state index is 11.6. The van der Waals surface area contributed by atoms with E-state index in [9.17, 15) is 4.79 Å². The van der Waals surface area contributed by atoms with E-state index < -0.39 is 0 Å². The summed E-state index contributed by atoms with van der Waals surface area (Å²) in [4.78, 5) is 11.6. The van der Waals surface area contributed by atoms with Gasteiger partial charge in [-0.1, -0.05) is 12.1 Å². The topological polar surface area (TPSA) is 47.6 Å². The van der Waals surface area contributed by atoms with Crippen LogP contribution >= 0.6 is 0 Å². The first-order chi connectivity index (χ1) is 9.26. The molecule has 0 aromatic heterocycles. The third-order valence-corrected chi connectivity index (χ3v) is 2.90. The van der Waals surface area contributed by atoms with E-state index in [1.165, 1.54) is 0 Å². The highest BCUT2D eigenvalue weighted by Crippen LogP contribution is 2.12. The highest BCUT2D eigenvalue weighted by molar-refractivity contribution is 5.76. The van der Waals surface area contributed by atoms with Gasteiger partial charge in [-0.15, -0.1) is 0 Å². The largest absolute Gasteiger partial charge is 0.497 e. The Balaban J connectivity index is 2.15. The molecule has 0 aliphatic rings. The van der Waals surface area contributed by atoms with Crippen molar-refractivity contribution in [1.82, 2.24) is 5.32 Å². The summed E-state index contributed by atoms with van der Waals surface area (Å²) in [6.45, 7) is 1.48. The molecule has 4 nitrogen and oxygen atoms in total. The Bertz CT molecular complexity index is 362. The number of hydrogen-bond donors (Lipinski definition) is 1. The van der Waals surface area contributed by atoms with E-state index >= 15 is 0 Å². The number of amides is 1. The fraction of sp³-hybridized carbons (Fsp3) is 0.533. The molecule has 1 aromatic carbocycles. The summed E-state index contributed by atoms with van der Waals surface area (Å²) in [6.07, 6.45) is 3.22. The SMILES string of the molecule is COCCCCNC(=O)CCc1ccc(OC)cc1. The van der Waals surface area contributed by atoms with E-state index in [0.717, 1.165) is 43.7 Å². The van der Waals surface area contributed by atoms with Crippen LogP contribution in [0.5, 0.6) is 5.75 Å². The van der Waals surface area contributed by atoms with Gasteiger partial charge in [0.05, 0.1) is 7.11 Å².